The Hall–Kier alpha value is -2.73. The second-order valence-electron chi connectivity index (χ2n) is 8.19. The summed E-state index contributed by atoms with van der Waals surface area (Å²) >= 11 is 1.46. The minimum atomic E-state index is 0.0382. The summed E-state index contributed by atoms with van der Waals surface area (Å²) in [5.41, 5.74) is 1.76. The Balaban J connectivity index is 1.69. The Labute approximate surface area is 194 Å². The highest BCUT2D eigenvalue weighted by atomic mass is 32.2. The molecule has 1 amide bonds. The number of hydrogen-bond acceptors (Lipinski definition) is 5. The van der Waals surface area contributed by atoms with Crippen LogP contribution in [0.2, 0.25) is 0 Å². The van der Waals surface area contributed by atoms with Crippen LogP contribution in [-0.2, 0) is 4.79 Å². The largest absolute Gasteiger partial charge is 0.493 e. The summed E-state index contributed by atoms with van der Waals surface area (Å²) in [4.78, 5) is 21.1. The number of rotatable bonds is 6. The molecule has 2 atom stereocenters. The van der Waals surface area contributed by atoms with Crippen molar-refractivity contribution >= 4 is 34.6 Å². The zero-order valence-electron chi connectivity index (χ0n) is 18.9. The Kier molecular flexibility index (Phi) is 7.20. The summed E-state index contributed by atoms with van der Waals surface area (Å²) < 4.78 is 11.1. The van der Waals surface area contributed by atoms with Crippen molar-refractivity contribution in [2.24, 2.45) is 10.9 Å². The van der Waals surface area contributed by atoms with E-state index in [2.05, 4.69) is 6.92 Å². The standard InChI is InChI=1S/C26H30N2O3S/c1-4-31-22-15-14-19(16-23(22)30-3)17-24-25(29)28(21-13-9-8-10-18(21)2)26(32-24)27-20-11-6-5-7-12-20/h5-7,11-12,14-18,21H,4,8-10,13H2,1-3H3/b24-17-,27-26?/t18-,21+/m0/s1. The molecule has 0 spiro atoms. The highest BCUT2D eigenvalue weighted by molar-refractivity contribution is 8.18. The van der Waals surface area contributed by atoms with E-state index in [0.717, 1.165) is 35.7 Å². The van der Waals surface area contributed by atoms with Crippen LogP contribution in [0.5, 0.6) is 11.5 Å². The molecule has 0 bridgehead atoms. The monoisotopic (exact) mass is 450 g/mol. The third-order valence-corrected chi connectivity index (χ3v) is 6.98. The fourth-order valence-corrected chi connectivity index (χ4v) is 5.40. The molecule has 1 heterocycles. The van der Waals surface area contributed by atoms with Crippen LogP contribution in [0.1, 0.15) is 45.1 Å². The number of amides is 1. The topological polar surface area (TPSA) is 51.1 Å². The molecule has 168 valence electrons. The van der Waals surface area contributed by atoms with Crippen molar-refractivity contribution in [2.45, 2.75) is 45.6 Å². The van der Waals surface area contributed by atoms with Crippen LogP contribution in [0.3, 0.4) is 0 Å². The number of carbonyl (C=O) groups is 1. The molecule has 0 N–H and O–H groups in total. The van der Waals surface area contributed by atoms with Crippen molar-refractivity contribution in [1.82, 2.24) is 4.90 Å². The molecule has 0 radical (unpaired) electrons. The fraction of sp³-hybridized carbons (Fsp3) is 0.385. The van der Waals surface area contributed by atoms with Gasteiger partial charge in [0.1, 0.15) is 0 Å². The number of methoxy groups -OCH3 is 1. The molecule has 2 aliphatic rings. The zero-order valence-corrected chi connectivity index (χ0v) is 19.7. The first-order chi connectivity index (χ1) is 15.6. The molecule has 2 aromatic rings. The number of thioether (sulfide) groups is 1. The number of ether oxygens (including phenoxy) is 2. The van der Waals surface area contributed by atoms with E-state index >= 15 is 0 Å². The molecule has 1 saturated carbocycles. The molecule has 2 fully saturated rings. The van der Waals surface area contributed by atoms with Gasteiger partial charge in [-0.25, -0.2) is 4.99 Å². The van der Waals surface area contributed by atoms with Gasteiger partial charge in [0.15, 0.2) is 16.7 Å². The lowest BCUT2D eigenvalue weighted by Gasteiger charge is -2.35. The minimum absolute atomic E-state index is 0.0382. The van der Waals surface area contributed by atoms with E-state index < -0.39 is 0 Å². The fourth-order valence-electron chi connectivity index (χ4n) is 4.35. The molecule has 0 aromatic heterocycles. The van der Waals surface area contributed by atoms with Crippen LogP contribution in [0.4, 0.5) is 5.69 Å². The quantitative estimate of drug-likeness (QED) is 0.486. The van der Waals surface area contributed by atoms with Crippen molar-refractivity contribution in [3.05, 3.63) is 59.0 Å². The number of amidine groups is 1. The molecule has 6 heteroatoms. The van der Waals surface area contributed by atoms with E-state index in [1.165, 1.54) is 18.2 Å². The van der Waals surface area contributed by atoms with E-state index in [1.54, 1.807) is 7.11 Å². The zero-order chi connectivity index (χ0) is 22.5. The molecule has 5 nitrogen and oxygen atoms in total. The number of para-hydroxylation sites is 1. The number of hydrogen-bond donors (Lipinski definition) is 0. The first-order valence-corrected chi connectivity index (χ1v) is 12.1. The summed E-state index contributed by atoms with van der Waals surface area (Å²) in [5.74, 6) is 1.86. The molecule has 0 unspecified atom stereocenters. The molecule has 1 aliphatic carbocycles. The summed E-state index contributed by atoms with van der Waals surface area (Å²) in [7, 11) is 1.63. The van der Waals surface area contributed by atoms with E-state index in [-0.39, 0.29) is 11.9 Å². The molecule has 4 rings (SSSR count). The lowest BCUT2D eigenvalue weighted by Crippen LogP contribution is -2.44. The SMILES string of the molecule is CCOc1ccc(/C=C2\SC(=Nc3ccccc3)N([C@@H]3CCCC[C@@H]3C)C2=O)cc1OC. The van der Waals surface area contributed by atoms with Crippen molar-refractivity contribution in [3.8, 4) is 11.5 Å². The van der Waals surface area contributed by atoms with Gasteiger partial charge in [-0.1, -0.05) is 44.0 Å². The van der Waals surface area contributed by atoms with Crippen LogP contribution in [-0.4, -0.2) is 35.7 Å². The van der Waals surface area contributed by atoms with Crippen LogP contribution in [0.15, 0.2) is 58.4 Å². The van der Waals surface area contributed by atoms with Crippen molar-refractivity contribution in [3.63, 3.8) is 0 Å². The molecular formula is C26H30N2O3S. The van der Waals surface area contributed by atoms with Crippen molar-refractivity contribution < 1.29 is 14.3 Å². The van der Waals surface area contributed by atoms with E-state index in [0.29, 0.717) is 28.9 Å². The van der Waals surface area contributed by atoms with Gasteiger partial charge in [0.25, 0.3) is 5.91 Å². The third kappa shape index (κ3) is 4.85. The third-order valence-electron chi connectivity index (χ3n) is 6.00. The van der Waals surface area contributed by atoms with Crippen LogP contribution >= 0.6 is 11.8 Å². The van der Waals surface area contributed by atoms with Gasteiger partial charge >= 0.3 is 0 Å². The van der Waals surface area contributed by atoms with Gasteiger partial charge in [0, 0.05) is 6.04 Å². The lowest BCUT2D eigenvalue weighted by molar-refractivity contribution is -0.124. The van der Waals surface area contributed by atoms with Gasteiger partial charge in [-0.15, -0.1) is 0 Å². The van der Waals surface area contributed by atoms with E-state index in [1.807, 2.05) is 66.4 Å². The predicted molar refractivity (Wildman–Crippen MR) is 132 cm³/mol. The summed E-state index contributed by atoms with van der Waals surface area (Å²) in [6.07, 6.45) is 6.47. The van der Waals surface area contributed by atoms with Gasteiger partial charge in [0.2, 0.25) is 0 Å². The Morgan fingerprint density at radius 3 is 2.62 bits per heavy atom. The maximum absolute atomic E-state index is 13.6. The van der Waals surface area contributed by atoms with Gasteiger partial charge in [-0.2, -0.15) is 0 Å². The first-order valence-electron chi connectivity index (χ1n) is 11.3. The number of benzene rings is 2. The average molecular weight is 451 g/mol. The smallest absolute Gasteiger partial charge is 0.267 e. The Bertz CT molecular complexity index is 1020. The highest BCUT2D eigenvalue weighted by Gasteiger charge is 2.41. The van der Waals surface area contributed by atoms with Crippen LogP contribution < -0.4 is 9.47 Å². The van der Waals surface area contributed by atoms with Crippen LogP contribution in [0.25, 0.3) is 6.08 Å². The Morgan fingerprint density at radius 2 is 1.91 bits per heavy atom. The van der Waals surface area contributed by atoms with Gasteiger partial charge in [0.05, 0.1) is 24.3 Å². The van der Waals surface area contributed by atoms with Crippen molar-refractivity contribution in [2.75, 3.05) is 13.7 Å². The molecule has 32 heavy (non-hydrogen) atoms. The predicted octanol–water partition coefficient (Wildman–Crippen LogP) is 6.28. The number of aliphatic imine (C=N–C) groups is 1. The highest BCUT2D eigenvalue weighted by Crippen LogP contribution is 2.40. The summed E-state index contributed by atoms with van der Waals surface area (Å²) in [6.45, 7) is 4.76. The number of carbonyl (C=O) groups excluding carboxylic acids is 1. The summed E-state index contributed by atoms with van der Waals surface area (Å²) in [5, 5.41) is 0.768. The van der Waals surface area contributed by atoms with Gasteiger partial charge < -0.3 is 9.47 Å². The normalized spacial score (nSPS) is 23.7. The first kappa shape index (κ1) is 22.5. The maximum atomic E-state index is 13.6. The van der Waals surface area contributed by atoms with Crippen molar-refractivity contribution in [1.29, 1.82) is 0 Å². The lowest BCUT2D eigenvalue weighted by atomic mass is 9.85. The average Bonchev–Trinajstić information content (AvgIpc) is 3.10. The summed E-state index contributed by atoms with van der Waals surface area (Å²) in [6, 6.07) is 15.8. The molecule has 1 saturated heterocycles. The molecule has 1 aliphatic heterocycles. The van der Waals surface area contributed by atoms with Gasteiger partial charge in [-0.05, 0) is 73.4 Å². The molecular weight excluding hydrogens is 420 g/mol. The van der Waals surface area contributed by atoms with Gasteiger partial charge in [-0.3, -0.25) is 9.69 Å². The van der Waals surface area contributed by atoms with E-state index in [4.69, 9.17) is 14.5 Å². The second-order valence-corrected chi connectivity index (χ2v) is 9.20. The minimum Gasteiger partial charge on any atom is -0.493 e. The van der Waals surface area contributed by atoms with Crippen LogP contribution in [0, 0.1) is 5.92 Å². The second kappa shape index (κ2) is 10.3. The molecule has 2 aromatic carbocycles. The number of nitrogens with zero attached hydrogens (tertiary/aromatic N) is 2. The maximum Gasteiger partial charge on any atom is 0.267 e. The Morgan fingerprint density at radius 1 is 1.12 bits per heavy atom. The van der Waals surface area contributed by atoms with E-state index in [9.17, 15) is 4.79 Å².